The number of imidazole rings is 1. The summed E-state index contributed by atoms with van der Waals surface area (Å²) < 4.78 is 45.1. The molecule has 4 rings (SSSR count). The smallest absolute Gasteiger partial charge is 0.416 e. The molecule has 0 aliphatic rings. The molecule has 0 N–H and O–H groups in total. The first-order valence-electron chi connectivity index (χ1n) is 10.7. The van der Waals surface area contributed by atoms with E-state index in [9.17, 15) is 18.0 Å². The Morgan fingerprint density at radius 1 is 0.943 bits per heavy atom. The molecule has 0 saturated carbocycles. The van der Waals surface area contributed by atoms with Gasteiger partial charge < -0.3 is 9.30 Å². The topological polar surface area (TPSA) is 68.8 Å². The van der Waals surface area contributed by atoms with Gasteiger partial charge in [-0.2, -0.15) is 23.4 Å². The molecule has 1 atom stereocenters. The Labute approximate surface area is 199 Å². The standard InChI is InChI=1S/C26H21F3N4O2/c1-18(20-5-3-2-4-6-20)33-17-30-15-24(33)25(34)35-16-19-7-11-22(12-8-19)31-32-23-13-9-21(10-14-23)26(27,28)29/h2-15,17-18H,16H2,1H3/t18-/m1/s1. The van der Waals surface area contributed by atoms with Crippen LogP contribution in [0.2, 0.25) is 0 Å². The quantitative estimate of drug-likeness (QED) is 0.207. The van der Waals surface area contributed by atoms with E-state index >= 15 is 0 Å². The number of rotatable bonds is 7. The number of alkyl halides is 3. The van der Waals surface area contributed by atoms with E-state index in [-0.39, 0.29) is 12.6 Å². The first-order valence-corrected chi connectivity index (χ1v) is 10.7. The van der Waals surface area contributed by atoms with Crippen LogP contribution < -0.4 is 0 Å². The molecular formula is C26H21F3N4O2. The number of ether oxygens (including phenoxy) is 1. The van der Waals surface area contributed by atoms with Gasteiger partial charge in [0.2, 0.25) is 0 Å². The molecule has 9 heteroatoms. The van der Waals surface area contributed by atoms with Crippen molar-refractivity contribution in [3.05, 3.63) is 114 Å². The maximum Gasteiger partial charge on any atom is 0.416 e. The molecule has 1 heterocycles. The Hall–Kier alpha value is -4.27. The van der Waals surface area contributed by atoms with Crippen LogP contribution in [-0.2, 0) is 17.5 Å². The Morgan fingerprint density at radius 2 is 1.54 bits per heavy atom. The maximum atomic E-state index is 12.7. The van der Waals surface area contributed by atoms with Crippen LogP contribution in [0.4, 0.5) is 24.5 Å². The van der Waals surface area contributed by atoms with Crippen LogP contribution in [0.5, 0.6) is 0 Å². The number of azo groups is 1. The summed E-state index contributed by atoms with van der Waals surface area (Å²) in [7, 11) is 0. The second kappa shape index (κ2) is 10.3. The number of hydrogen-bond donors (Lipinski definition) is 0. The third-order valence-corrected chi connectivity index (χ3v) is 5.36. The summed E-state index contributed by atoms with van der Waals surface area (Å²) in [6.07, 6.45) is -1.31. The molecule has 0 fully saturated rings. The average Bonchev–Trinajstić information content (AvgIpc) is 3.36. The van der Waals surface area contributed by atoms with Gasteiger partial charge in [-0.15, -0.1) is 0 Å². The van der Waals surface area contributed by atoms with Crippen LogP contribution >= 0.6 is 0 Å². The van der Waals surface area contributed by atoms with E-state index in [0.717, 1.165) is 23.3 Å². The van der Waals surface area contributed by atoms with Gasteiger partial charge in [0.05, 0.1) is 35.5 Å². The molecule has 0 unspecified atom stereocenters. The monoisotopic (exact) mass is 478 g/mol. The predicted molar refractivity (Wildman–Crippen MR) is 124 cm³/mol. The highest BCUT2D eigenvalue weighted by atomic mass is 19.4. The SMILES string of the molecule is C[C@H](c1ccccc1)n1cncc1C(=O)OCc1ccc(N=Nc2ccc(C(F)(F)F)cc2)cc1. The summed E-state index contributed by atoms with van der Waals surface area (Å²) in [5.74, 6) is -0.489. The molecule has 0 radical (unpaired) electrons. The molecule has 0 bridgehead atoms. The van der Waals surface area contributed by atoms with Crippen molar-refractivity contribution in [3.8, 4) is 0 Å². The summed E-state index contributed by atoms with van der Waals surface area (Å²) >= 11 is 0. The number of aromatic nitrogens is 2. The largest absolute Gasteiger partial charge is 0.456 e. The van der Waals surface area contributed by atoms with Gasteiger partial charge in [-0.1, -0.05) is 42.5 Å². The molecule has 0 amide bonds. The van der Waals surface area contributed by atoms with E-state index in [2.05, 4.69) is 15.2 Å². The Morgan fingerprint density at radius 3 is 2.14 bits per heavy atom. The predicted octanol–water partition coefficient (Wildman–Crippen LogP) is 7.28. The van der Waals surface area contributed by atoms with Crippen molar-refractivity contribution in [1.82, 2.24) is 9.55 Å². The minimum atomic E-state index is -4.39. The van der Waals surface area contributed by atoms with Crippen molar-refractivity contribution in [2.75, 3.05) is 0 Å². The first-order chi connectivity index (χ1) is 16.8. The molecule has 0 spiro atoms. The van der Waals surface area contributed by atoms with Crippen molar-refractivity contribution in [2.45, 2.75) is 25.7 Å². The van der Waals surface area contributed by atoms with Crippen molar-refractivity contribution < 1.29 is 22.7 Å². The minimum Gasteiger partial charge on any atom is -0.456 e. The van der Waals surface area contributed by atoms with E-state index in [1.807, 2.05) is 37.3 Å². The molecule has 35 heavy (non-hydrogen) atoms. The highest BCUT2D eigenvalue weighted by Crippen LogP contribution is 2.30. The van der Waals surface area contributed by atoms with Gasteiger partial charge in [0.15, 0.2) is 0 Å². The van der Waals surface area contributed by atoms with Gasteiger partial charge >= 0.3 is 12.1 Å². The number of benzene rings is 3. The fourth-order valence-electron chi connectivity index (χ4n) is 3.38. The van der Waals surface area contributed by atoms with E-state index < -0.39 is 17.7 Å². The van der Waals surface area contributed by atoms with Gasteiger partial charge in [0.25, 0.3) is 0 Å². The van der Waals surface area contributed by atoms with Crippen LogP contribution in [0.1, 0.15) is 40.1 Å². The number of carbonyl (C=O) groups excluding carboxylic acids is 1. The zero-order valence-corrected chi connectivity index (χ0v) is 18.7. The zero-order chi connectivity index (χ0) is 24.8. The molecule has 1 aromatic heterocycles. The van der Waals surface area contributed by atoms with E-state index in [0.29, 0.717) is 17.1 Å². The second-order valence-corrected chi connectivity index (χ2v) is 7.76. The van der Waals surface area contributed by atoms with Crippen molar-refractivity contribution in [3.63, 3.8) is 0 Å². The summed E-state index contributed by atoms with van der Waals surface area (Å²) in [6, 6.07) is 20.9. The third-order valence-electron chi connectivity index (χ3n) is 5.36. The highest BCUT2D eigenvalue weighted by molar-refractivity contribution is 5.87. The Bertz CT molecular complexity index is 1300. The van der Waals surface area contributed by atoms with Crippen LogP contribution in [0, 0.1) is 0 Å². The van der Waals surface area contributed by atoms with Crippen LogP contribution in [0.25, 0.3) is 0 Å². The van der Waals surface area contributed by atoms with Gasteiger partial charge in [-0.3, -0.25) is 0 Å². The average molecular weight is 478 g/mol. The highest BCUT2D eigenvalue weighted by Gasteiger charge is 2.29. The zero-order valence-electron chi connectivity index (χ0n) is 18.7. The Balaban J connectivity index is 1.35. The summed E-state index contributed by atoms with van der Waals surface area (Å²) in [5.41, 5.74) is 2.21. The van der Waals surface area contributed by atoms with Crippen LogP contribution in [-0.4, -0.2) is 15.5 Å². The number of esters is 1. The molecule has 0 aliphatic heterocycles. The number of nitrogens with zero attached hydrogens (tertiary/aromatic N) is 4. The summed E-state index contributed by atoms with van der Waals surface area (Å²) in [5, 5.41) is 7.98. The molecule has 3 aromatic carbocycles. The lowest BCUT2D eigenvalue weighted by Crippen LogP contribution is -2.15. The third kappa shape index (κ3) is 6.00. The van der Waals surface area contributed by atoms with E-state index in [1.54, 1.807) is 35.2 Å². The summed E-state index contributed by atoms with van der Waals surface area (Å²) in [4.78, 5) is 16.8. The lowest BCUT2D eigenvalue weighted by Gasteiger charge is -2.16. The van der Waals surface area contributed by atoms with Crippen molar-refractivity contribution in [1.29, 1.82) is 0 Å². The number of halogens is 3. The van der Waals surface area contributed by atoms with Crippen molar-refractivity contribution in [2.24, 2.45) is 10.2 Å². The molecule has 0 aliphatic carbocycles. The number of hydrogen-bond acceptors (Lipinski definition) is 5. The number of carbonyl (C=O) groups is 1. The van der Waals surface area contributed by atoms with Gasteiger partial charge in [-0.25, -0.2) is 9.78 Å². The fourth-order valence-corrected chi connectivity index (χ4v) is 3.38. The van der Waals surface area contributed by atoms with Crippen molar-refractivity contribution >= 4 is 17.3 Å². The van der Waals surface area contributed by atoms with Gasteiger partial charge in [-0.05, 0) is 54.4 Å². The normalized spacial score (nSPS) is 12.6. The van der Waals surface area contributed by atoms with Gasteiger partial charge in [0, 0.05) is 0 Å². The molecule has 4 aromatic rings. The molecule has 0 saturated heterocycles. The summed E-state index contributed by atoms with van der Waals surface area (Å²) in [6.45, 7) is 2.03. The van der Waals surface area contributed by atoms with Crippen LogP contribution in [0.3, 0.4) is 0 Å². The maximum absolute atomic E-state index is 12.7. The lowest BCUT2D eigenvalue weighted by molar-refractivity contribution is -0.137. The van der Waals surface area contributed by atoms with Crippen LogP contribution in [0.15, 0.2) is 102 Å². The molecule has 6 nitrogen and oxygen atoms in total. The minimum absolute atomic E-state index is 0.0556. The van der Waals surface area contributed by atoms with Gasteiger partial charge in [0.1, 0.15) is 12.3 Å². The van der Waals surface area contributed by atoms with E-state index in [1.165, 1.54) is 18.3 Å². The second-order valence-electron chi connectivity index (χ2n) is 7.76. The first kappa shape index (κ1) is 23.9. The molecular weight excluding hydrogens is 457 g/mol. The van der Waals surface area contributed by atoms with E-state index in [4.69, 9.17) is 4.74 Å². The molecule has 178 valence electrons. The lowest BCUT2D eigenvalue weighted by atomic mass is 10.1. The Kier molecular flexibility index (Phi) is 7.05. The fraction of sp³-hybridized carbons (Fsp3) is 0.154.